The van der Waals surface area contributed by atoms with Crippen LogP contribution in [0.15, 0.2) is 16.6 Å². The molecule has 0 bridgehead atoms. The van der Waals surface area contributed by atoms with E-state index in [4.69, 9.17) is 9.47 Å². The van der Waals surface area contributed by atoms with Crippen LogP contribution in [0, 0.1) is 6.92 Å². The second-order valence-electron chi connectivity index (χ2n) is 5.45. The molecule has 5 heteroatoms. The highest BCUT2D eigenvalue weighted by atomic mass is 79.9. The summed E-state index contributed by atoms with van der Waals surface area (Å²) in [5, 5.41) is 0. The Morgan fingerprint density at radius 1 is 1.36 bits per heavy atom. The van der Waals surface area contributed by atoms with Crippen LogP contribution in [0.2, 0.25) is 0 Å². The van der Waals surface area contributed by atoms with Crippen molar-refractivity contribution in [3.05, 3.63) is 27.7 Å². The molecule has 22 heavy (non-hydrogen) atoms. The maximum Gasteiger partial charge on any atom is 0.338 e. The van der Waals surface area contributed by atoms with Crippen LogP contribution in [0.25, 0.3) is 0 Å². The van der Waals surface area contributed by atoms with Gasteiger partial charge in [-0.25, -0.2) is 4.79 Å². The van der Waals surface area contributed by atoms with E-state index < -0.39 is 0 Å². The molecule has 0 radical (unpaired) electrons. The van der Waals surface area contributed by atoms with Crippen molar-refractivity contribution in [1.82, 2.24) is 0 Å². The van der Waals surface area contributed by atoms with Crippen LogP contribution in [0.3, 0.4) is 0 Å². The van der Waals surface area contributed by atoms with Crippen molar-refractivity contribution in [3.63, 3.8) is 0 Å². The molecule has 0 atom stereocenters. The Balaban J connectivity index is 2.37. The van der Waals surface area contributed by atoms with E-state index in [1.165, 1.54) is 0 Å². The van der Waals surface area contributed by atoms with Gasteiger partial charge in [0.05, 0.1) is 12.2 Å². The summed E-state index contributed by atoms with van der Waals surface area (Å²) in [6.45, 7) is 8.88. The van der Waals surface area contributed by atoms with Gasteiger partial charge in [-0.05, 0) is 51.3 Å². The number of hydrogen-bond donors (Lipinski definition) is 0. The summed E-state index contributed by atoms with van der Waals surface area (Å²) in [7, 11) is 0. The molecule has 1 heterocycles. The minimum Gasteiger partial charge on any atom is -0.462 e. The van der Waals surface area contributed by atoms with Gasteiger partial charge in [0.1, 0.15) is 0 Å². The number of halogens is 1. The second kappa shape index (κ2) is 7.97. The van der Waals surface area contributed by atoms with Crippen LogP contribution in [0.5, 0.6) is 0 Å². The van der Waals surface area contributed by atoms with Crippen molar-refractivity contribution < 1.29 is 14.3 Å². The van der Waals surface area contributed by atoms with Crippen LogP contribution in [-0.2, 0) is 9.47 Å². The summed E-state index contributed by atoms with van der Waals surface area (Å²) in [5.41, 5.74) is 2.72. The minimum absolute atomic E-state index is 0.259. The summed E-state index contributed by atoms with van der Waals surface area (Å²) < 4.78 is 11.6. The Hall–Kier alpha value is -1.07. The van der Waals surface area contributed by atoms with Gasteiger partial charge in [0.15, 0.2) is 0 Å². The van der Waals surface area contributed by atoms with E-state index >= 15 is 0 Å². The molecule has 1 fully saturated rings. The molecule has 1 aliphatic heterocycles. The second-order valence-corrected chi connectivity index (χ2v) is 6.36. The Kier molecular flexibility index (Phi) is 6.26. The van der Waals surface area contributed by atoms with Gasteiger partial charge in [-0.2, -0.15) is 0 Å². The Labute approximate surface area is 140 Å². The SMILES string of the molecule is CCOC(=O)c1cc(Br)cc(N(CC)C2CCOCC2)c1C. The normalized spacial score (nSPS) is 15.6. The summed E-state index contributed by atoms with van der Waals surface area (Å²) in [4.78, 5) is 14.6. The highest BCUT2D eigenvalue weighted by Crippen LogP contribution is 2.32. The molecule has 1 aromatic carbocycles. The van der Waals surface area contributed by atoms with Crippen molar-refractivity contribution in [3.8, 4) is 0 Å². The average Bonchev–Trinajstić information content (AvgIpc) is 2.52. The fourth-order valence-electron chi connectivity index (χ4n) is 3.01. The third kappa shape index (κ3) is 3.82. The van der Waals surface area contributed by atoms with Crippen molar-refractivity contribution >= 4 is 27.6 Å². The predicted octanol–water partition coefficient (Wildman–Crippen LogP) is 3.94. The fraction of sp³-hybridized carbons (Fsp3) is 0.588. The number of ether oxygens (including phenoxy) is 2. The van der Waals surface area contributed by atoms with Crippen molar-refractivity contribution in [2.45, 2.75) is 39.7 Å². The van der Waals surface area contributed by atoms with Crippen LogP contribution in [0.4, 0.5) is 5.69 Å². The largest absolute Gasteiger partial charge is 0.462 e. The zero-order chi connectivity index (χ0) is 16.1. The molecule has 1 saturated heterocycles. The Morgan fingerprint density at radius 2 is 2.05 bits per heavy atom. The van der Waals surface area contributed by atoms with Gasteiger partial charge in [0.25, 0.3) is 0 Å². The highest BCUT2D eigenvalue weighted by Gasteiger charge is 2.24. The van der Waals surface area contributed by atoms with Gasteiger partial charge in [-0.3, -0.25) is 0 Å². The van der Waals surface area contributed by atoms with E-state index in [0.717, 1.165) is 48.3 Å². The summed E-state index contributed by atoms with van der Waals surface area (Å²) in [5.74, 6) is -0.259. The molecule has 2 rings (SSSR count). The van der Waals surface area contributed by atoms with Crippen molar-refractivity contribution in [1.29, 1.82) is 0 Å². The Bertz CT molecular complexity index is 527. The van der Waals surface area contributed by atoms with Crippen LogP contribution >= 0.6 is 15.9 Å². The van der Waals surface area contributed by atoms with Crippen LogP contribution in [0.1, 0.15) is 42.6 Å². The highest BCUT2D eigenvalue weighted by molar-refractivity contribution is 9.10. The van der Waals surface area contributed by atoms with E-state index in [2.05, 4.69) is 33.8 Å². The number of esters is 1. The minimum atomic E-state index is -0.259. The topological polar surface area (TPSA) is 38.8 Å². The average molecular weight is 370 g/mol. The van der Waals surface area contributed by atoms with E-state index in [1.807, 2.05) is 19.9 Å². The van der Waals surface area contributed by atoms with Gasteiger partial charge in [-0.1, -0.05) is 15.9 Å². The number of hydrogen-bond acceptors (Lipinski definition) is 4. The smallest absolute Gasteiger partial charge is 0.338 e. The first-order chi connectivity index (χ1) is 10.6. The predicted molar refractivity (Wildman–Crippen MR) is 91.7 cm³/mol. The molecule has 0 saturated carbocycles. The lowest BCUT2D eigenvalue weighted by Crippen LogP contribution is -2.40. The molecule has 0 unspecified atom stereocenters. The fourth-order valence-corrected chi connectivity index (χ4v) is 3.45. The first-order valence-electron chi connectivity index (χ1n) is 7.90. The molecule has 0 amide bonds. The maximum absolute atomic E-state index is 12.2. The molecule has 122 valence electrons. The number of carbonyl (C=O) groups excluding carboxylic acids is 1. The van der Waals surface area contributed by atoms with E-state index in [0.29, 0.717) is 18.2 Å². The molecule has 0 aromatic heterocycles. The van der Waals surface area contributed by atoms with Crippen LogP contribution in [-0.4, -0.2) is 38.4 Å². The van der Waals surface area contributed by atoms with Gasteiger partial charge in [0.2, 0.25) is 0 Å². The third-order valence-electron chi connectivity index (χ3n) is 4.12. The number of anilines is 1. The molecular weight excluding hydrogens is 346 g/mol. The van der Waals surface area contributed by atoms with Gasteiger partial charge >= 0.3 is 5.97 Å². The third-order valence-corrected chi connectivity index (χ3v) is 4.58. The number of benzene rings is 1. The zero-order valence-corrected chi connectivity index (χ0v) is 15.1. The molecule has 1 aliphatic rings. The van der Waals surface area contributed by atoms with Gasteiger partial charge < -0.3 is 14.4 Å². The zero-order valence-electron chi connectivity index (χ0n) is 13.5. The summed E-state index contributed by atoms with van der Waals surface area (Å²) in [6.07, 6.45) is 2.04. The summed E-state index contributed by atoms with van der Waals surface area (Å²) >= 11 is 3.53. The molecule has 0 N–H and O–H groups in total. The molecule has 0 spiro atoms. The number of nitrogens with zero attached hydrogens (tertiary/aromatic N) is 1. The van der Waals surface area contributed by atoms with E-state index in [-0.39, 0.29) is 5.97 Å². The van der Waals surface area contributed by atoms with Crippen molar-refractivity contribution in [2.24, 2.45) is 0 Å². The molecular formula is C17H24BrNO3. The van der Waals surface area contributed by atoms with E-state index in [9.17, 15) is 4.79 Å². The molecule has 4 nitrogen and oxygen atoms in total. The molecule has 0 aliphatic carbocycles. The lowest BCUT2D eigenvalue weighted by Gasteiger charge is -2.36. The first-order valence-corrected chi connectivity index (χ1v) is 8.69. The number of carbonyl (C=O) groups is 1. The number of rotatable bonds is 5. The van der Waals surface area contributed by atoms with Gasteiger partial charge in [-0.15, -0.1) is 0 Å². The first kappa shape index (κ1) is 17.3. The molecule has 1 aromatic rings. The quantitative estimate of drug-likeness (QED) is 0.736. The lowest BCUT2D eigenvalue weighted by atomic mass is 10.0. The van der Waals surface area contributed by atoms with Crippen LogP contribution < -0.4 is 4.90 Å². The lowest BCUT2D eigenvalue weighted by molar-refractivity contribution is 0.0525. The monoisotopic (exact) mass is 369 g/mol. The maximum atomic E-state index is 12.2. The summed E-state index contributed by atoms with van der Waals surface area (Å²) in [6, 6.07) is 4.40. The standard InChI is InChI=1S/C17H24BrNO3/c1-4-19(14-6-8-21-9-7-14)16-11-13(18)10-15(12(16)3)17(20)22-5-2/h10-11,14H,4-9H2,1-3H3. The van der Waals surface area contributed by atoms with Crippen molar-refractivity contribution in [2.75, 3.05) is 31.3 Å². The van der Waals surface area contributed by atoms with E-state index in [1.54, 1.807) is 0 Å². The van der Waals surface area contributed by atoms with Gasteiger partial charge in [0, 0.05) is 36.0 Å². The Morgan fingerprint density at radius 3 is 2.64 bits per heavy atom.